The fourth-order valence-electron chi connectivity index (χ4n) is 8.31. The zero-order valence-corrected chi connectivity index (χ0v) is 36.9. The Bertz CT molecular complexity index is 2330. The van der Waals surface area contributed by atoms with Gasteiger partial charge in [0.2, 0.25) is 11.8 Å². The van der Waals surface area contributed by atoms with Gasteiger partial charge in [0.05, 0.1) is 24.8 Å². The molecule has 0 radical (unpaired) electrons. The molecule has 7 rings (SSSR count). The molecule has 5 aromatic carbocycles. The summed E-state index contributed by atoms with van der Waals surface area (Å²) in [5, 5.41) is 6.19. The van der Waals surface area contributed by atoms with Crippen LogP contribution in [0.25, 0.3) is 22.3 Å². The summed E-state index contributed by atoms with van der Waals surface area (Å²) in [5.74, 6) is -0.968. The summed E-state index contributed by atoms with van der Waals surface area (Å²) >= 11 is 0. The highest BCUT2D eigenvalue weighted by atomic mass is 16.5. The van der Waals surface area contributed by atoms with E-state index in [1.165, 1.54) is 4.90 Å². The highest BCUT2D eigenvalue weighted by Gasteiger charge is 2.37. The molecule has 0 spiro atoms. The van der Waals surface area contributed by atoms with Crippen LogP contribution >= 0.6 is 0 Å². The topological polar surface area (TPSA) is 121 Å². The van der Waals surface area contributed by atoms with Gasteiger partial charge in [-0.2, -0.15) is 0 Å². The summed E-state index contributed by atoms with van der Waals surface area (Å²) in [4.78, 5) is 62.4. The molecule has 2 heterocycles. The van der Waals surface area contributed by atoms with Crippen LogP contribution in [0.1, 0.15) is 68.3 Å². The standard InChI is InChI=1S/C53H59N5O6/c1-3-4-30-54-51(60)50(46-28-24-44(25-29-46)42-19-12-7-13-20-42)58(33-32-56-34-36-63-37-35-56)47(59)21-14-31-57-39(2)48(52(61)64-38-40-15-8-5-9-16-40)49(55-53(57)62)45-26-22-43(23-27-45)41-17-10-6-11-18-41/h5-13,15-20,22-29,49-50H,3-4,14,21,30-38H2,1-2H3,(H,54,60)(H,55,62). The van der Waals surface area contributed by atoms with E-state index in [2.05, 4.69) is 22.5 Å². The number of carbonyl (C=O) groups excluding carboxylic acids is 4. The van der Waals surface area contributed by atoms with Crippen molar-refractivity contribution in [1.82, 2.24) is 25.3 Å². The van der Waals surface area contributed by atoms with Crippen LogP contribution in [0, 0.1) is 0 Å². The van der Waals surface area contributed by atoms with Crippen LogP contribution in [0.3, 0.4) is 0 Å². The normalized spacial score (nSPS) is 15.9. The van der Waals surface area contributed by atoms with E-state index < -0.39 is 18.1 Å². The van der Waals surface area contributed by atoms with E-state index in [1.807, 2.05) is 140 Å². The molecule has 11 heteroatoms. The number of morpholine rings is 1. The number of esters is 1. The summed E-state index contributed by atoms with van der Waals surface area (Å²) in [5.41, 5.74) is 7.23. The van der Waals surface area contributed by atoms with E-state index >= 15 is 0 Å². The van der Waals surface area contributed by atoms with Crippen molar-refractivity contribution in [3.8, 4) is 22.3 Å². The molecular formula is C53H59N5O6. The van der Waals surface area contributed by atoms with Gasteiger partial charge in [0.25, 0.3) is 0 Å². The Balaban J connectivity index is 1.13. The average Bonchev–Trinajstić information content (AvgIpc) is 3.34. The Morgan fingerprint density at radius 1 is 0.766 bits per heavy atom. The average molecular weight is 862 g/mol. The van der Waals surface area contributed by atoms with E-state index in [4.69, 9.17) is 9.47 Å². The molecule has 1 fully saturated rings. The lowest BCUT2D eigenvalue weighted by atomic mass is 9.93. The Kier molecular flexibility index (Phi) is 16.1. The van der Waals surface area contributed by atoms with Crippen molar-refractivity contribution < 1.29 is 28.7 Å². The largest absolute Gasteiger partial charge is 0.457 e. The first-order valence-electron chi connectivity index (χ1n) is 22.5. The highest BCUT2D eigenvalue weighted by molar-refractivity contribution is 5.95. The Hall–Kier alpha value is -6.56. The number of benzene rings is 5. The van der Waals surface area contributed by atoms with Gasteiger partial charge in [-0.25, -0.2) is 9.59 Å². The first kappa shape index (κ1) is 45.5. The zero-order chi connectivity index (χ0) is 44.7. The van der Waals surface area contributed by atoms with Gasteiger partial charge in [0, 0.05) is 51.4 Å². The molecule has 0 saturated carbocycles. The molecule has 4 amide bonds. The second-order valence-electron chi connectivity index (χ2n) is 16.3. The third-order valence-electron chi connectivity index (χ3n) is 12.0. The summed E-state index contributed by atoms with van der Waals surface area (Å²) in [6.07, 6.45) is 2.10. The van der Waals surface area contributed by atoms with Gasteiger partial charge in [-0.1, -0.05) is 153 Å². The number of carbonyl (C=O) groups is 4. The van der Waals surface area contributed by atoms with Gasteiger partial charge in [0.1, 0.15) is 12.6 Å². The van der Waals surface area contributed by atoms with Crippen molar-refractivity contribution in [3.05, 3.63) is 167 Å². The van der Waals surface area contributed by atoms with Crippen molar-refractivity contribution in [1.29, 1.82) is 0 Å². The first-order valence-corrected chi connectivity index (χ1v) is 22.5. The molecule has 0 aliphatic carbocycles. The van der Waals surface area contributed by atoms with Crippen LogP contribution in [-0.4, -0.2) is 91.0 Å². The maximum Gasteiger partial charge on any atom is 0.338 e. The predicted molar refractivity (Wildman–Crippen MR) is 250 cm³/mol. The van der Waals surface area contributed by atoms with Gasteiger partial charge in [-0.3, -0.25) is 19.4 Å². The number of amides is 4. The highest BCUT2D eigenvalue weighted by Crippen LogP contribution is 2.34. The number of ether oxygens (including phenoxy) is 2. The molecule has 2 unspecified atom stereocenters. The summed E-state index contributed by atoms with van der Waals surface area (Å²) < 4.78 is 11.5. The van der Waals surface area contributed by atoms with Crippen LogP contribution in [0.4, 0.5) is 4.79 Å². The Morgan fingerprint density at radius 2 is 1.34 bits per heavy atom. The van der Waals surface area contributed by atoms with Crippen molar-refractivity contribution in [2.45, 2.75) is 58.2 Å². The quantitative estimate of drug-likeness (QED) is 0.0630. The zero-order valence-electron chi connectivity index (χ0n) is 36.9. The smallest absolute Gasteiger partial charge is 0.338 e. The van der Waals surface area contributed by atoms with Crippen molar-refractivity contribution >= 4 is 23.8 Å². The van der Waals surface area contributed by atoms with Crippen molar-refractivity contribution in [2.24, 2.45) is 0 Å². The van der Waals surface area contributed by atoms with Crippen LogP contribution in [0.2, 0.25) is 0 Å². The SMILES string of the molecule is CCCCNC(=O)C(c1ccc(-c2ccccc2)cc1)N(CCN1CCOCC1)C(=O)CCCN1C(=O)NC(c2ccc(-c3ccccc3)cc2)C(C(=O)OCc2ccccc2)=C1C. The van der Waals surface area contributed by atoms with E-state index in [-0.39, 0.29) is 43.8 Å². The van der Waals surface area contributed by atoms with E-state index in [1.54, 1.807) is 11.8 Å². The maximum absolute atomic E-state index is 14.6. The molecule has 2 aliphatic rings. The van der Waals surface area contributed by atoms with Crippen LogP contribution in [0.15, 0.2) is 151 Å². The minimum atomic E-state index is -0.866. The molecule has 2 aliphatic heterocycles. The molecule has 11 nitrogen and oxygen atoms in total. The monoisotopic (exact) mass is 861 g/mol. The second-order valence-corrected chi connectivity index (χ2v) is 16.3. The molecule has 0 bridgehead atoms. The lowest BCUT2D eigenvalue weighted by Gasteiger charge is -2.36. The van der Waals surface area contributed by atoms with Crippen molar-refractivity contribution in [3.63, 3.8) is 0 Å². The van der Waals surface area contributed by atoms with Gasteiger partial charge in [0.15, 0.2) is 0 Å². The summed E-state index contributed by atoms with van der Waals surface area (Å²) in [6.45, 7) is 8.18. The molecule has 2 atom stereocenters. The van der Waals surface area contributed by atoms with Gasteiger partial charge in [-0.05, 0) is 58.7 Å². The molecule has 5 aromatic rings. The number of hydrogen-bond donors (Lipinski definition) is 2. The van der Waals surface area contributed by atoms with E-state index in [9.17, 15) is 19.2 Å². The molecular weight excluding hydrogens is 803 g/mol. The number of unbranched alkanes of at least 4 members (excludes halogenated alkanes) is 1. The number of allylic oxidation sites excluding steroid dienone is 1. The molecule has 64 heavy (non-hydrogen) atoms. The van der Waals surface area contributed by atoms with Crippen LogP contribution < -0.4 is 10.6 Å². The van der Waals surface area contributed by atoms with Crippen LogP contribution in [-0.2, 0) is 30.5 Å². The van der Waals surface area contributed by atoms with Gasteiger partial charge in [-0.15, -0.1) is 0 Å². The molecule has 0 aromatic heterocycles. The minimum absolute atomic E-state index is 0.0686. The van der Waals surface area contributed by atoms with E-state index in [0.717, 1.165) is 64.9 Å². The fourth-order valence-corrected chi connectivity index (χ4v) is 8.31. The molecule has 2 N–H and O–H groups in total. The number of rotatable bonds is 19. The van der Waals surface area contributed by atoms with Gasteiger partial charge < -0.3 is 25.0 Å². The lowest BCUT2D eigenvalue weighted by molar-refractivity contribution is -0.141. The Labute approximate surface area is 377 Å². The third-order valence-corrected chi connectivity index (χ3v) is 12.0. The number of hydrogen-bond acceptors (Lipinski definition) is 7. The van der Waals surface area contributed by atoms with Gasteiger partial charge >= 0.3 is 12.0 Å². The lowest BCUT2D eigenvalue weighted by Crippen LogP contribution is -2.49. The first-order chi connectivity index (χ1) is 31.3. The number of nitrogens with one attached hydrogen (secondary N) is 2. The number of nitrogens with zero attached hydrogens (tertiary/aromatic N) is 3. The molecule has 332 valence electrons. The number of urea groups is 1. The van der Waals surface area contributed by atoms with E-state index in [0.29, 0.717) is 44.1 Å². The molecule has 1 saturated heterocycles. The maximum atomic E-state index is 14.6. The Morgan fingerprint density at radius 3 is 1.95 bits per heavy atom. The predicted octanol–water partition coefficient (Wildman–Crippen LogP) is 8.70. The van der Waals surface area contributed by atoms with Crippen molar-refractivity contribution in [2.75, 3.05) is 52.5 Å². The third kappa shape index (κ3) is 11.7. The summed E-state index contributed by atoms with van der Waals surface area (Å²) in [6, 6.07) is 43.2. The summed E-state index contributed by atoms with van der Waals surface area (Å²) in [7, 11) is 0. The fraction of sp³-hybridized carbons (Fsp3) is 0.321. The second kappa shape index (κ2) is 22.7. The van der Waals surface area contributed by atoms with Crippen LogP contribution in [0.5, 0.6) is 0 Å². The minimum Gasteiger partial charge on any atom is -0.457 e.